The molecule has 1 aliphatic carbocycles. The van der Waals surface area contributed by atoms with Gasteiger partial charge in [-0.05, 0) is 31.0 Å². The number of hydrogen-bond donors (Lipinski definition) is 0. The Bertz CT molecular complexity index is 739. The zero-order valence-corrected chi connectivity index (χ0v) is 13.8. The molecule has 1 saturated heterocycles. The summed E-state index contributed by atoms with van der Waals surface area (Å²) in [6.07, 6.45) is 4.62. The molecule has 1 saturated carbocycles. The highest BCUT2D eigenvalue weighted by atomic mass is 32.2. The van der Waals surface area contributed by atoms with Gasteiger partial charge in [-0.3, -0.25) is 4.79 Å². The van der Waals surface area contributed by atoms with Crippen molar-refractivity contribution in [2.75, 3.05) is 13.1 Å². The summed E-state index contributed by atoms with van der Waals surface area (Å²) < 4.78 is 25.2. The molecule has 0 aromatic heterocycles. The van der Waals surface area contributed by atoms with Crippen LogP contribution in [0.15, 0.2) is 24.3 Å². The van der Waals surface area contributed by atoms with Crippen molar-refractivity contribution in [3.63, 3.8) is 0 Å². The van der Waals surface area contributed by atoms with Crippen molar-refractivity contribution in [2.24, 2.45) is 0 Å². The molecule has 0 unspecified atom stereocenters. The second-order valence-electron chi connectivity index (χ2n) is 6.37. The van der Waals surface area contributed by atoms with Gasteiger partial charge >= 0.3 is 0 Å². The zero-order valence-electron chi connectivity index (χ0n) is 12.9. The number of hydrogen-bond acceptors (Lipinski definition) is 4. The van der Waals surface area contributed by atoms with Gasteiger partial charge in [0.05, 0.1) is 22.1 Å². The van der Waals surface area contributed by atoms with Crippen molar-refractivity contribution in [3.8, 4) is 6.07 Å². The first-order valence-electron chi connectivity index (χ1n) is 8.04. The lowest BCUT2D eigenvalue weighted by Crippen LogP contribution is -2.58. The Kier molecular flexibility index (Phi) is 4.40. The molecular weight excluding hydrogens is 312 g/mol. The van der Waals surface area contributed by atoms with E-state index in [2.05, 4.69) is 0 Å². The fourth-order valence-electron chi connectivity index (χ4n) is 3.38. The lowest BCUT2D eigenvalue weighted by molar-refractivity contribution is 0.0658. The summed E-state index contributed by atoms with van der Waals surface area (Å²) in [5, 5.41) is 8.25. The lowest BCUT2D eigenvalue weighted by atomic mass is 10.0. The largest absolute Gasteiger partial charge is 0.336 e. The molecular formula is C17H20N2O3S. The van der Waals surface area contributed by atoms with Crippen LogP contribution >= 0.6 is 0 Å². The number of sulfone groups is 1. The average molecular weight is 332 g/mol. The first-order valence-corrected chi connectivity index (χ1v) is 9.65. The van der Waals surface area contributed by atoms with Crippen LogP contribution in [0.2, 0.25) is 0 Å². The highest BCUT2D eigenvalue weighted by Crippen LogP contribution is 2.30. The predicted octanol–water partition coefficient (Wildman–Crippen LogP) is 2.13. The molecule has 1 heterocycles. The molecule has 3 rings (SSSR count). The van der Waals surface area contributed by atoms with Gasteiger partial charge in [-0.15, -0.1) is 0 Å². The molecule has 1 aliphatic heterocycles. The second-order valence-corrected chi connectivity index (χ2v) is 8.89. The summed E-state index contributed by atoms with van der Waals surface area (Å²) in [6.45, 7) is 0.545. The first-order chi connectivity index (χ1) is 11.0. The van der Waals surface area contributed by atoms with Crippen molar-refractivity contribution in [1.82, 2.24) is 4.90 Å². The normalized spacial score (nSPS) is 19.9. The van der Waals surface area contributed by atoms with E-state index >= 15 is 0 Å². The van der Waals surface area contributed by atoms with Crippen LogP contribution in [-0.4, -0.2) is 42.8 Å². The molecule has 0 spiro atoms. The van der Waals surface area contributed by atoms with Crippen molar-refractivity contribution < 1.29 is 13.2 Å². The van der Waals surface area contributed by atoms with Crippen molar-refractivity contribution >= 4 is 15.7 Å². The van der Waals surface area contributed by atoms with E-state index in [0.717, 1.165) is 32.1 Å². The van der Waals surface area contributed by atoms with E-state index in [-0.39, 0.29) is 24.2 Å². The predicted molar refractivity (Wildman–Crippen MR) is 86.6 cm³/mol. The van der Waals surface area contributed by atoms with E-state index in [9.17, 15) is 13.2 Å². The summed E-state index contributed by atoms with van der Waals surface area (Å²) in [7, 11) is -3.13. The third-order valence-electron chi connectivity index (χ3n) is 4.86. The zero-order chi connectivity index (χ0) is 16.4. The second kappa shape index (κ2) is 6.32. The van der Waals surface area contributed by atoms with Crippen molar-refractivity contribution in [1.29, 1.82) is 5.26 Å². The summed E-state index contributed by atoms with van der Waals surface area (Å²) in [5.74, 6) is -0.197. The molecule has 122 valence electrons. The monoisotopic (exact) mass is 332 g/mol. The molecule has 23 heavy (non-hydrogen) atoms. The minimum absolute atomic E-state index is 0.197. The Balaban J connectivity index is 1.64. The Morgan fingerprint density at radius 2 is 1.83 bits per heavy atom. The van der Waals surface area contributed by atoms with Gasteiger partial charge in [0.1, 0.15) is 0 Å². The number of likely N-dealkylation sites (tertiary alicyclic amines) is 1. The van der Waals surface area contributed by atoms with Gasteiger partial charge in [0.15, 0.2) is 9.84 Å². The fourth-order valence-corrected chi connectivity index (χ4v) is 5.69. The minimum atomic E-state index is -3.13. The van der Waals surface area contributed by atoms with Gasteiger partial charge in [-0.2, -0.15) is 5.26 Å². The third kappa shape index (κ3) is 3.11. The number of carbonyl (C=O) groups is 1. The summed E-state index contributed by atoms with van der Waals surface area (Å²) >= 11 is 0. The van der Waals surface area contributed by atoms with E-state index in [1.54, 1.807) is 29.2 Å². The molecule has 0 N–H and O–H groups in total. The van der Waals surface area contributed by atoms with Crippen LogP contribution in [0.3, 0.4) is 0 Å². The van der Waals surface area contributed by atoms with Crippen molar-refractivity contribution in [2.45, 2.75) is 42.6 Å². The van der Waals surface area contributed by atoms with E-state index in [0.29, 0.717) is 11.1 Å². The van der Waals surface area contributed by atoms with E-state index < -0.39 is 15.1 Å². The Hall–Kier alpha value is -1.87. The number of carbonyl (C=O) groups excluding carboxylic acids is 1. The fraction of sp³-hybridized carbons (Fsp3) is 0.529. The van der Waals surface area contributed by atoms with Crippen LogP contribution in [0.5, 0.6) is 0 Å². The van der Waals surface area contributed by atoms with Crippen molar-refractivity contribution in [3.05, 3.63) is 35.4 Å². The number of benzene rings is 1. The van der Waals surface area contributed by atoms with E-state index in [4.69, 9.17) is 5.26 Å². The lowest BCUT2D eigenvalue weighted by Gasteiger charge is -2.40. The summed E-state index contributed by atoms with van der Waals surface area (Å²) in [4.78, 5) is 13.9. The van der Waals surface area contributed by atoms with Gasteiger partial charge in [0.2, 0.25) is 0 Å². The van der Waals surface area contributed by atoms with Gasteiger partial charge in [-0.1, -0.05) is 25.3 Å². The minimum Gasteiger partial charge on any atom is -0.336 e. The van der Waals surface area contributed by atoms with Crippen LogP contribution in [0.25, 0.3) is 0 Å². The van der Waals surface area contributed by atoms with Crippen LogP contribution < -0.4 is 0 Å². The maximum absolute atomic E-state index is 12.6. The standard InChI is InChI=1S/C17H20N2O3S/c18-10-13-5-4-6-14(9-13)17(20)19-11-16(12-19)23(21,22)15-7-2-1-3-8-15/h4-6,9,15-16H,1-3,7-8,11-12H2. The van der Waals surface area contributed by atoms with Gasteiger partial charge in [-0.25, -0.2) is 8.42 Å². The molecule has 6 heteroatoms. The molecule has 1 aromatic carbocycles. The molecule has 5 nitrogen and oxygen atoms in total. The Morgan fingerprint density at radius 1 is 1.13 bits per heavy atom. The number of amides is 1. The van der Waals surface area contributed by atoms with E-state index in [1.165, 1.54) is 0 Å². The highest BCUT2D eigenvalue weighted by Gasteiger charge is 2.43. The van der Waals surface area contributed by atoms with E-state index in [1.807, 2.05) is 6.07 Å². The molecule has 0 bridgehead atoms. The smallest absolute Gasteiger partial charge is 0.253 e. The topological polar surface area (TPSA) is 78.2 Å². The SMILES string of the molecule is N#Cc1cccc(C(=O)N2CC(S(=O)(=O)C3CCCCC3)C2)c1. The first kappa shape index (κ1) is 16.0. The number of nitrogens with zero attached hydrogens (tertiary/aromatic N) is 2. The number of rotatable bonds is 3. The molecule has 1 aromatic rings. The Morgan fingerprint density at radius 3 is 2.48 bits per heavy atom. The van der Waals surface area contributed by atoms with Crippen LogP contribution in [0.1, 0.15) is 48.0 Å². The van der Waals surface area contributed by atoms with Gasteiger partial charge in [0.25, 0.3) is 5.91 Å². The number of nitriles is 1. The molecule has 0 radical (unpaired) electrons. The molecule has 0 atom stereocenters. The maximum atomic E-state index is 12.6. The summed E-state index contributed by atoms with van der Waals surface area (Å²) in [5.41, 5.74) is 0.875. The van der Waals surface area contributed by atoms with Crippen LogP contribution in [0, 0.1) is 11.3 Å². The van der Waals surface area contributed by atoms with Crippen LogP contribution in [0.4, 0.5) is 0 Å². The third-order valence-corrected chi connectivity index (χ3v) is 7.48. The molecule has 2 aliphatic rings. The molecule has 2 fully saturated rings. The molecule has 1 amide bonds. The highest BCUT2D eigenvalue weighted by molar-refractivity contribution is 7.92. The van der Waals surface area contributed by atoms with Gasteiger partial charge < -0.3 is 4.90 Å². The maximum Gasteiger partial charge on any atom is 0.253 e. The van der Waals surface area contributed by atoms with Crippen LogP contribution in [-0.2, 0) is 9.84 Å². The summed E-state index contributed by atoms with van der Waals surface area (Å²) in [6, 6.07) is 8.52. The average Bonchev–Trinajstić information content (AvgIpc) is 2.54. The Labute approximate surface area is 136 Å². The quantitative estimate of drug-likeness (QED) is 0.849. The van der Waals surface area contributed by atoms with Gasteiger partial charge in [0, 0.05) is 18.7 Å².